The van der Waals surface area contributed by atoms with Crippen molar-refractivity contribution in [1.29, 1.82) is 0 Å². The number of hydrogen-bond donors (Lipinski definition) is 2. The van der Waals surface area contributed by atoms with E-state index in [2.05, 4.69) is 28.6 Å². The highest BCUT2D eigenvalue weighted by Gasteiger charge is 2.47. The molecule has 1 fully saturated rings. The first-order chi connectivity index (χ1) is 7.73. The Hall–Kier alpha value is -1.42. The van der Waals surface area contributed by atoms with Gasteiger partial charge in [-0.1, -0.05) is 13.0 Å². The minimum absolute atomic E-state index is 0.121. The maximum Gasteiger partial charge on any atom is 0.234 e. The van der Waals surface area contributed by atoms with E-state index in [1.807, 2.05) is 6.20 Å². The van der Waals surface area contributed by atoms with Crippen molar-refractivity contribution in [1.82, 2.24) is 10.3 Å². The molecule has 0 unspecified atom stereocenters. The fourth-order valence-corrected chi connectivity index (χ4v) is 2.40. The number of carbonyl (C=O) groups excluding carboxylic acids is 1. The summed E-state index contributed by atoms with van der Waals surface area (Å²) in [5, 5.41) is 6.09. The van der Waals surface area contributed by atoms with Gasteiger partial charge in [0.2, 0.25) is 5.91 Å². The molecule has 1 aromatic rings. The van der Waals surface area contributed by atoms with Gasteiger partial charge in [0, 0.05) is 19.3 Å². The first-order valence-electron chi connectivity index (χ1n) is 5.73. The molecular formula is C12H15N3O. The lowest BCUT2D eigenvalue weighted by molar-refractivity contribution is -0.128. The van der Waals surface area contributed by atoms with Crippen LogP contribution in [0, 0.1) is 5.41 Å². The van der Waals surface area contributed by atoms with Crippen LogP contribution < -0.4 is 10.6 Å². The monoisotopic (exact) mass is 217 g/mol. The number of carbonyl (C=O) groups is 1. The van der Waals surface area contributed by atoms with Crippen molar-refractivity contribution in [3.63, 3.8) is 0 Å². The van der Waals surface area contributed by atoms with Gasteiger partial charge in [-0.25, -0.2) is 4.98 Å². The lowest BCUT2D eigenvalue weighted by Crippen LogP contribution is -2.62. The summed E-state index contributed by atoms with van der Waals surface area (Å²) in [5.74, 6) is 0.871. The van der Waals surface area contributed by atoms with E-state index in [0.717, 1.165) is 31.7 Å². The summed E-state index contributed by atoms with van der Waals surface area (Å²) in [7, 11) is 0. The molecular weight excluding hydrogens is 202 g/mol. The molecule has 2 aliphatic rings. The zero-order chi connectivity index (χ0) is 11.2. The van der Waals surface area contributed by atoms with Gasteiger partial charge in [0.25, 0.3) is 0 Å². The summed E-state index contributed by atoms with van der Waals surface area (Å²) in [5.41, 5.74) is 2.21. The average molecular weight is 217 g/mol. The number of aromatic nitrogens is 1. The second kappa shape index (κ2) is 3.28. The Morgan fingerprint density at radius 2 is 2.31 bits per heavy atom. The lowest BCUT2D eigenvalue weighted by Gasteiger charge is -2.43. The molecule has 1 spiro atoms. The van der Waals surface area contributed by atoms with E-state index in [4.69, 9.17) is 0 Å². The Kier molecular flexibility index (Phi) is 2.01. The summed E-state index contributed by atoms with van der Waals surface area (Å²) in [6, 6.07) is 2.17. The minimum Gasteiger partial charge on any atom is -0.314 e. The van der Waals surface area contributed by atoms with E-state index in [1.165, 1.54) is 11.1 Å². The molecule has 1 amide bonds. The second-order valence-corrected chi connectivity index (χ2v) is 4.72. The molecule has 1 saturated heterocycles. The van der Waals surface area contributed by atoms with E-state index < -0.39 is 0 Å². The van der Waals surface area contributed by atoms with Crippen LogP contribution in [0.25, 0.3) is 0 Å². The molecule has 16 heavy (non-hydrogen) atoms. The molecule has 2 N–H and O–H groups in total. The van der Waals surface area contributed by atoms with E-state index in [1.54, 1.807) is 0 Å². The second-order valence-electron chi connectivity index (χ2n) is 4.72. The number of rotatable bonds is 1. The highest BCUT2D eigenvalue weighted by molar-refractivity contribution is 5.98. The van der Waals surface area contributed by atoms with Crippen molar-refractivity contribution in [2.75, 3.05) is 18.4 Å². The minimum atomic E-state index is -0.207. The third-order valence-electron chi connectivity index (χ3n) is 3.60. The molecule has 3 heterocycles. The summed E-state index contributed by atoms with van der Waals surface area (Å²) < 4.78 is 0. The zero-order valence-electron chi connectivity index (χ0n) is 9.34. The fraction of sp³-hybridized carbons (Fsp3) is 0.500. The lowest BCUT2D eigenvalue weighted by atomic mass is 9.73. The summed E-state index contributed by atoms with van der Waals surface area (Å²) >= 11 is 0. The highest BCUT2D eigenvalue weighted by Crippen LogP contribution is 2.35. The van der Waals surface area contributed by atoms with Crippen molar-refractivity contribution in [2.24, 2.45) is 5.41 Å². The smallest absolute Gasteiger partial charge is 0.234 e. The van der Waals surface area contributed by atoms with Crippen molar-refractivity contribution >= 4 is 11.7 Å². The van der Waals surface area contributed by atoms with E-state index in [-0.39, 0.29) is 11.3 Å². The van der Waals surface area contributed by atoms with Gasteiger partial charge in [-0.15, -0.1) is 0 Å². The van der Waals surface area contributed by atoms with Crippen molar-refractivity contribution in [3.05, 3.63) is 23.4 Å². The van der Waals surface area contributed by atoms with Gasteiger partial charge in [-0.3, -0.25) is 4.79 Å². The molecule has 0 radical (unpaired) electrons. The normalized spacial score (nSPS) is 21.2. The van der Waals surface area contributed by atoms with E-state index in [0.29, 0.717) is 0 Å². The molecule has 4 nitrogen and oxygen atoms in total. The Balaban J connectivity index is 1.99. The number of fused-ring (bicyclic) bond motifs is 1. The predicted octanol–water partition coefficient (Wildman–Crippen LogP) is 0.728. The fourth-order valence-electron chi connectivity index (χ4n) is 2.40. The first kappa shape index (κ1) is 9.78. The van der Waals surface area contributed by atoms with Crippen LogP contribution >= 0.6 is 0 Å². The Morgan fingerprint density at radius 1 is 1.50 bits per heavy atom. The topological polar surface area (TPSA) is 54.0 Å². The third-order valence-corrected chi connectivity index (χ3v) is 3.60. The molecule has 0 atom stereocenters. The van der Waals surface area contributed by atoms with Crippen LogP contribution in [0.5, 0.6) is 0 Å². The largest absolute Gasteiger partial charge is 0.314 e. The van der Waals surface area contributed by atoms with Gasteiger partial charge >= 0.3 is 0 Å². The standard InChI is InChI=1S/C12H15N3O/c1-2-8-3-9-4-12(6-13-7-12)11(16)15-10(9)14-5-8/h3,5,13H,2,4,6-7H2,1H3,(H,14,15,16). The molecule has 0 aromatic carbocycles. The Bertz CT molecular complexity index is 452. The number of anilines is 1. The molecule has 0 saturated carbocycles. The Morgan fingerprint density at radius 3 is 2.94 bits per heavy atom. The van der Waals surface area contributed by atoms with Crippen LogP contribution in [0.4, 0.5) is 5.82 Å². The molecule has 2 aliphatic heterocycles. The van der Waals surface area contributed by atoms with Gasteiger partial charge < -0.3 is 10.6 Å². The van der Waals surface area contributed by atoms with Crippen LogP contribution in [0.15, 0.2) is 12.3 Å². The maximum atomic E-state index is 11.9. The van der Waals surface area contributed by atoms with Crippen LogP contribution in [0.3, 0.4) is 0 Å². The summed E-state index contributed by atoms with van der Waals surface area (Å²) in [6.45, 7) is 3.69. The Labute approximate surface area is 94.5 Å². The van der Waals surface area contributed by atoms with Crippen LogP contribution in [0.2, 0.25) is 0 Å². The molecule has 0 bridgehead atoms. The number of nitrogens with zero attached hydrogens (tertiary/aromatic N) is 1. The van der Waals surface area contributed by atoms with Gasteiger partial charge in [0.1, 0.15) is 5.82 Å². The van der Waals surface area contributed by atoms with Crippen molar-refractivity contribution in [2.45, 2.75) is 19.8 Å². The average Bonchev–Trinajstić information content (AvgIpc) is 2.25. The first-order valence-corrected chi connectivity index (χ1v) is 5.73. The van der Waals surface area contributed by atoms with Gasteiger partial charge in [0.05, 0.1) is 5.41 Å². The SMILES string of the molecule is CCc1cnc2c(c1)CC1(CNC1)C(=O)N2. The van der Waals surface area contributed by atoms with Crippen LogP contribution in [-0.4, -0.2) is 24.0 Å². The summed E-state index contributed by atoms with van der Waals surface area (Å²) in [6.07, 6.45) is 3.65. The number of pyridine rings is 1. The van der Waals surface area contributed by atoms with E-state index >= 15 is 0 Å². The molecule has 1 aromatic heterocycles. The number of hydrogen-bond acceptors (Lipinski definition) is 3. The van der Waals surface area contributed by atoms with Crippen molar-refractivity contribution < 1.29 is 4.79 Å². The van der Waals surface area contributed by atoms with Gasteiger partial charge in [-0.05, 0) is 24.0 Å². The number of amides is 1. The molecule has 0 aliphatic carbocycles. The molecule has 3 rings (SSSR count). The van der Waals surface area contributed by atoms with Crippen molar-refractivity contribution in [3.8, 4) is 0 Å². The van der Waals surface area contributed by atoms with Gasteiger partial charge in [0.15, 0.2) is 0 Å². The van der Waals surface area contributed by atoms with Gasteiger partial charge in [-0.2, -0.15) is 0 Å². The third kappa shape index (κ3) is 1.26. The quantitative estimate of drug-likeness (QED) is 0.729. The van der Waals surface area contributed by atoms with Crippen LogP contribution in [-0.2, 0) is 17.6 Å². The maximum absolute atomic E-state index is 11.9. The molecule has 84 valence electrons. The predicted molar refractivity (Wildman–Crippen MR) is 61.3 cm³/mol. The van der Waals surface area contributed by atoms with E-state index in [9.17, 15) is 4.79 Å². The molecule has 4 heteroatoms. The number of nitrogens with one attached hydrogen (secondary N) is 2. The highest BCUT2D eigenvalue weighted by atomic mass is 16.2. The summed E-state index contributed by atoms with van der Waals surface area (Å²) in [4.78, 5) is 16.2. The number of aryl methyl sites for hydroxylation is 1. The zero-order valence-corrected chi connectivity index (χ0v) is 9.34. The van der Waals surface area contributed by atoms with Crippen LogP contribution in [0.1, 0.15) is 18.1 Å².